The van der Waals surface area contributed by atoms with E-state index in [9.17, 15) is 4.79 Å². The van der Waals surface area contributed by atoms with Crippen LogP contribution < -0.4 is 20.5 Å². The number of rotatable bonds is 12. The van der Waals surface area contributed by atoms with Gasteiger partial charge in [0.2, 0.25) is 0 Å². The lowest BCUT2D eigenvalue weighted by Crippen LogP contribution is -2.39. The minimum Gasteiger partial charge on any atom is -0.497 e. The summed E-state index contributed by atoms with van der Waals surface area (Å²) in [6, 6.07) is 11.1. The van der Waals surface area contributed by atoms with Crippen molar-refractivity contribution >= 4 is 23.2 Å². The van der Waals surface area contributed by atoms with E-state index in [0.717, 1.165) is 63.2 Å². The molecular weight excluding hydrogens is 454 g/mol. The molecule has 1 saturated heterocycles. The summed E-state index contributed by atoms with van der Waals surface area (Å²) >= 11 is 6.08. The molecule has 0 aliphatic carbocycles. The van der Waals surface area contributed by atoms with Gasteiger partial charge < -0.3 is 30.2 Å². The molecule has 0 saturated carbocycles. The minimum atomic E-state index is -0.185. The molecule has 0 spiro atoms. The third-order valence-electron chi connectivity index (χ3n) is 6.24. The number of carbonyl (C=O) groups is 1. The van der Waals surface area contributed by atoms with Gasteiger partial charge in [0, 0.05) is 19.2 Å². The van der Waals surface area contributed by atoms with Gasteiger partial charge in [-0.15, -0.1) is 0 Å². The molecule has 1 heterocycles. The molecule has 3 rings (SSSR count). The Morgan fingerprint density at radius 3 is 2.68 bits per heavy atom. The number of benzene rings is 2. The van der Waals surface area contributed by atoms with Gasteiger partial charge in [-0.2, -0.15) is 0 Å². The van der Waals surface area contributed by atoms with Crippen molar-refractivity contribution in [1.82, 2.24) is 10.2 Å². The number of carbonyl (C=O) groups excluding carboxylic acids is 1. The Hall–Kier alpha value is -2.48. The Morgan fingerprint density at radius 2 is 1.94 bits per heavy atom. The van der Waals surface area contributed by atoms with Gasteiger partial charge in [0.05, 0.1) is 37.1 Å². The van der Waals surface area contributed by atoms with E-state index in [4.69, 9.17) is 31.5 Å². The van der Waals surface area contributed by atoms with Crippen molar-refractivity contribution in [1.29, 1.82) is 0 Å². The van der Waals surface area contributed by atoms with Crippen molar-refractivity contribution < 1.29 is 19.0 Å². The fourth-order valence-electron chi connectivity index (χ4n) is 4.15. The Morgan fingerprint density at radius 1 is 1.15 bits per heavy atom. The van der Waals surface area contributed by atoms with Crippen molar-refractivity contribution in [2.24, 2.45) is 5.92 Å². The summed E-state index contributed by atoms with van der Waals surface area (Å²) in [5.41, 5.74) is 7.74. The third kappa shape index (κ3) is 7.79. The fraction of sp³-hybridized carbons (Fsp3) is 0.500. The molecule has 2 aromatic rings. The second kappa shape index (κ2) is 13.4. The molecule has 1 fully saturated rings. The molecule has 0 unspecified atom stereocenters. The molecular formula is C26H36ClN3O4. The Kier molecular flexibility index (Phi) is 10.3. The number of nitrogens with zero attached hydrogens (tertiary/aromatic N) is 1. The van der Waals surface area contributed by atoms with E-state index in [1.165, 1.54) is 7.11 Å². The predicted molar refractivity (Wildman–Crippen MR) is 136 cm³/mol. The number of anilines is 1. The van der Waals surface area contributed by atoms with E-state index in [2.05, 4.69) is 16.3 Å². The van der Waals surface area contributed by atoms with Crippen LogP contribution in [0.15, 0.2) is 36.4 Å². The van der Waals surface area contributed by atoms with Gasteiger partial charge in [-0.25, -0.2) is 0 Å². The number of nitrogens with two attached hydrogens (primary N) is 1. The number of hydrogen-bond acceptors (Lipinski definition) is 6. The normalized spacial score (nSPS) is 14.7. The topological polar surface area (TPSA) is 86.1 Å². The number of halogens is 1. The van der Waals surface area contributed by atoms with E-state index >= 15 is 0 Å². The number of unbranched alkanes of at least 4 members (excludes halogenated alkanes) is 1. The zero-order chi connectivity index (χ0) is 24.3. The number of hydrogen-bond donors (Lipinski definition) is 2. The maximum Gasteiger partial charge on any atom is 0.255 e. The highest BCUT2D eigenvalue weighted by molar-refractivity contribution is 6.33. The van der Waals surface area contributed by atoms with Crippen molar-refractivity contribution in [3.05, 3.63) is 52.5 Å². The lowest BCUT2D eigenvalue weighted by atomic mass is 9.96. The van der Waals surface area contributed by atoms with Crippen molar-refractivity contribution in [3.63, 3.8) is 0 Å². The molecule has 0 aromatic heterocycles. The van der Waals surface area contributed by atoms with E-state index in [1.807, 2.05) is 18.2 Å². The van der Waals surface area contributed by atoms with Crippen LogP contribution in [-0.2, 0) is 11.3 Å². The average Bonchev–Trinajstić information content (AvgIpc) is 2.86. The van der Waals surface area contributed by atoms with Gasteiger partial charge in [-0.05, 0) is 75.0 Å². The second-order valence-corrected chi connectivity index (χ2v) is 9.09. The number of piperidine rings is 1. The van der Waals surface area contributed by atoms with Crippen LogP contribution in [0.25, 0.3) is 0 Å². The summed E-state index contributed by atoms with van der Waals surface area (Å²) in [4.78, 5) is 15.1. The number of methoxy groups -OCH3 is 2. The molecule has 8 heteroatoms. The highest BCUT2D eigenvalue weighted by Crippen LogP contribution is 2.29. The van der Waals surface area contributed by atoms with Crippen LogP contribution in [-0.4, -0.2) is 57.8 Å². The molecule has 0 bridgehead atoms. The minimum absolute atomic E-state index is 0.185. The molecule has 1 amide bonds. The summed E-state index contributed by atoms with van der Waals surface area (Å²) in [7, 11) is 3.19. The maximum absolute atomic E-state index is 12.6. The van der Waals surface area contributed by atoms with Gasteiger partial charge in [0.25, 0.3) is 5.91 Å². The largest absolute Gasteiger partial charge is 0.497 e. The first kappa shape index (κ1) is 26.1. The van der Waals surface area contributed by atoms with Gasteiger partial charge in [-0.3, -0.25) is 4.79 Å². The lowest BCUT2D eigenvalue weighted by molar-refractivity contribution is 0.0930. The van der Waals surface area contributed by atoms with Crippen LogP contribution in [0, 0.1) is 5.92 Å². The smallest absolute Gasteiger partial charge is 0.255 e. The summed E-state index contributed by atoms with van der Waals surface area (Å²) in [5.74, 6) is 1.58. The Labute approximate surface area is 207 Å². The number of amides is 1. The highest BCUT2D eigenvalue weighted by atomic mass is 35.5. The SMILES string of the molecule is COc1cccc(COCCCCN2CCC(CNC(=O)c3cc(Cl)c(N)cc3OC)CC2)c1. The average molecular weight is 490 g/mol. The van der Waals surface area contributed by atoms with Gasteiger partial charge in [0.15, 0.2) is 0 Å². The molecule has 1 aliphatic rings. The zero-order valence-electron chi connectivity index (χ0n) is 20.1. The molecule has 7 nitrogen and oxygen atoms in total. The second-order valence-electron chi connectivity index (χ2n) is 8.68. The van der Waals surface area contributed by atoms with Crippen molar-refractivity contribution in [3.8, 4) is 11.5 Å². The van der Waals surface area contributed by atoms with E-state index in [1.54, 1.807) is 19.2 Å². The van der Waals surface area contributed by atoms with Crippen LogP contribution in [0.2, 0.25) is 5.02 Å². The van der Waals surface area contributed by atoms with E-state index < -0.39 is 0 Å². The number of likely N-dealkylation sites (tertiary alicyclic amines) is 1. The molecule has 1 aliphatic heterocycles. The highest BCUT2D eigenvalue weighted by Gasteiger charge is 2.21. The van der Waals surface area contributed by atoms with Gasteiger partial charge >= 0.3 is 0 Å². The van der Waals surface area contributed by atoms with Crippen LogP contribution in [0.1, 0.15) is 41.6 Å². The summed E-state index contributed by atoms with van der Waals surface area (Å²) in [5, 5.41) is 3.38. The molecule has 34 heavy (non-hydrogen) atoms. The summed E-state index contributed by atoms with van der Waals surface area (Å²) in [6.45, 7) is 5.23. The summed E-state index contributed by atoms with van der Waals surface area (Å²) < 4.78 is 16.3. The molecule has 3 N–H and O–H groups in total. The monoisotopic (exact) mass is 489 g/mol. The lowest BCUT2D eigenvalue weighted by Gasteiger charge is -2.32. The number of nitrogen functional groups attached to an aromatic ring is 1. The molecule has 0 atom stereocenters. The zero-order valence-corrected chi connectivity index (χ0v) is 20.9. The van der Waals surface area contributed by atoms with Gasteiger partial charge in [0.1, 0.15) is 11.5 Å². The standard InChI is InChI=1S/C26H36ClN3O4/c1-32-21-7-5-6-20(14-21)18-34-13-4-3-10-30-11-8-19(9-12-30)17-29-26(31)22-15-23(27)24(28)16-25(22)33-2/h5-7,14-16,19H,3-4,8-13,17-18,28H2,1-2H3,(H,29,31). The predicted octanol–water partition coefficient (Wildman–Crippen LogP) is 4.38. The first-order chi connectivity index (χ1) is 16.5. The first-order valence-electron chi connectivity index (χ1n) is 11.8. The van der Waals surface area contributed by atoms with Crippen LogP contribution in [0.4, 0.5) is 5.69 Å². The van der Waals surface area contributed by atoms with Crippen LogP contribution >= 0.6 is 11.6 Å². The quantitative estimate of drug-likeness (QED) is 0.340. The van der Waals surface area contributed by atoms with Crippen molar-refractivity contribution in [2.45, 2.75) is 32.3 Å². The molecule has 2 aromatic carbocycles. The number of nitrogens with one attached hydrogen (secondary N) is 1. The van der Waals surface area contributed by atoms with Crippen LogP contribution in [0.3, 0.4) is 0 Å². The third-order valence-corrected chi connectivity index (χ3v) is 6.57. The first-order valence-corrected chi connectivity index (χ1v) is 12.2. The summed E-state index contributed by atoms with van der Waals surface area (Å²) in [6.07, 6.45) is 4.32. The molecule has 0 radical (unpaired) electrons. The van der Waals surface area contributed by atoms with E-state index in [-0.39, 0.29) is 5.91 Å². The van der Waals surface area contributed by atoms with Crippen LogP contribution in [0.5, 0.6) is 11.5 Å². The Bertz CT molecular complexity index is 932. The number of ether oxygens (including phenoxy) is 3. The van der Waals surface area contributed by atoms with E-state index in [0.29, 0.717) is 41.1 Å². The van der Waals surface area contributed by atoms with Gasteiger partial charge in [-0.1, -0.05) is 23.7 Å². The Balaban J connectivity index is 1.28. The maximum atomic E-state index is 12.6. The fourth-order valence-corrected chi connectivity index (χ4v) is 4.32. The van der Waals surface area contributed by atoms with Crippen molar-refractivity contribution in [2.75, 3.05) is 52.7 Å². The molecule has 186 valence electrons.